The Morgan fingerprint density at radius 2 is 2.00 bits per heavy atom. The number of nitrogens with zero attached hydrogens (tertiary/aromatic N) is 2. The molecule has 0 saturated heterocycles. The van der Waals surface area contributed by atoms with Crippen LogP contribution in [0, 0.1) is 5.92 Å². The maximum absolute atomic E-state index is 13.0. The number of amides is 1. The van der Waals surface area contributed by atoms with Gasteiger partial charge in [0, 0.05) is 12.6 Å². The monoisotopic (exact) mass is 419 g/mol. The van der Waals surface area contributed by atoms with Gasteiger partial charge in [0.2, 0.25) is 5.91 Å². The molecule has 0 bridgehead atoms. The normalized spacial score (nSPS) is 12.2. The van der Waals surface area contributed by atoms with E-state index in [-0.39, 0.29) is 23.3 Å². The Morgan fingerprint density at radius 3 is 2.62 bits per heavy atom. The lowest BCUT2D eigenvalue weighted by Gasteiger charge is -2.17. The first kappa shape index (κ1) is 22.9. The molecule has 29 heavy (non-hydrogen) atoms. The van der Waals surface area contributed by atoms with E-state index >= 15 is 0 Å². The summed E-state index contributed by atoms with van der Waals surface area (Å²) >= 11 is 1.23. The van der Waals surface area contributed by atoms with E-state index in [9.17, 15) is 14.4 Å². The minimum absolute atomic E-state index is 0.0672. The molecule has 1 aromatic heterocycles. The summed E-state index contributed by atoms with van der Waals surface area (Å²) in [6.45, 7) is 8.64. The topological polar surface area (TPSA) is 90.3 Å². The molecule has 7 nitrogen and oxygen atoms in total. The van der Waals surface area contributed by atoms with Gasteiger partial charge in [0.15, 0.2) is 5.16 Å². The molecule has 0 radical (unpaired) electrons. The standard InChI is InChI=1S/C21H29N3O4S/c1-6-7-10-24-19(26)16-9-8-15(20(27)28-5)11-17(16)23-21(24)29-12-18(25)22-14(4)13(2)3/h8-9,11,13-14H,6-7,10,12H2,1-5H3,(H,22,25)/t14-/m0/s1. The molecular formula is C21H29N3O4S. The van der Waals surface area contributed by atoms with Gasteiger partial charge in [-0.15, -0.1) is 0 Å². The Kier molecular flexibility index (Phi) is 8.25. The molecule has 1 aromatic carbocycles. The van der Waals surface area contributed by atoms with Crippen molar-refractivity contribution >= 4 is 34.5 Å². The Bertz CT molecular complexity index is 939. The number of unbranched alkanes of at least 4 members (excludes halogenated alkanes) is 1. The number of thioether (sulfide) groups is 1. The molecule has 1 heterocycles. The summed E-state index contributed by atoms with van der Waals surface area (Å²) in [5, 5.41) is 3.88. The van der Waals surface area contributed by atoms with Crippen LogP contribution in [0.4, 0.5) is 0 Å². The Morgan fingerprint density at radius 1 is 1.28 bits per heavy atom. The summed E-state index contributed by atoms with van der Waals surface area (Å²) in [5.74, 6) is -0.0871. The fourth-order valence-corrected chi connectivity index (χ4v) is 3.50. The highest BCUT2D eigenvalue weighted by Crippen LogP contribution is 2.20. The lowest BCUT2D eigenvalue weighted by Crippen LogP contribution is -2.37. The van der Waals surface area contributed by atoms with Crippen LogP contribution in [0.3, 0.4) is 0 Å². The Balaban J connectivity index is 2.37. The summed E-state index contributed by atoms with van der Waals surface area (Å²) < 4.78 is 6.37. The van der Waals surface area contributed by atoms with Gasteiger partial charge in [0.1, 0.15) is 0 Å². The van der Waals surface area contributed by atoms with Crippen molar-refractivity contribution in [1.29, 1.82) is 0 Å². The minimum Gasteiger partial charge on any atom is -0.465 e. The molecule has 0 aliphatic rings. The molecule has 1 amide bonds. The summed E-state index contributed by atoms with van der Waals surface area (Å²) in [4.78, 5) is 41.7. The Labute approximate surface area is 175 Å². The third kappa shape index (κ3) is 5.82. The number of nitrogens with one attached hydrogen (secondary N) is 1. The van der Waals surface area contributed by atoms with E-state index in [0.29, 0.717) is 34.1 Å². The van der Waals surface area contributed by atoms with Crippen molar-refractivity contribution in [2.45, 2.75) is 58.3 Å². The van der Waals surface area contributed by atoms with Crippen molar-refractivity contribution < 1.29 is 14.3 Å². The molecule has 2 aromatic rings. The van der Waals surface area contributed by atoms with Crippen LogP contribution in [0.5, 0.6) is 0 Å². The molecule has 0 unspecified atom stereocenters. The predicted molar refractivity (Wildman–Crippen MR) is 115 cm³/mol. The number of aromatic nitrogens is 2. The number of carbonyl (C=O) groups is 2. The van der Waals surface area contributed by atoms with E-state index in [0.717, 1.165) is 12.8 Å². The molecular weight excluding hydrogens is 390 g/mol. The first-order valence-electron chi connectivity index (χ1n) is 9.83. The number of hydrogen-bond acceptors (Lipinski definition) is 6. The maximum Gasteiger partial charge on any atom is 0.337 e. The number of methoxy groups -OCH3 is 1. The van der Waals surface area contributed by atoms with E-state index in [1.54, 1.807) is 22.8 Å². The second kappa shape index (κ2) is 10.4. The highest BCUT2D eigenvalue weighted by atomic mass is 32.2. The molecule has 0 aliphatic carbocycles. The van der Waals surface area contributed by atoms with Gasteiger partial charge in [-0.05, 0) is 37.5 Å². The zero-order valence-corrected chi connectivity index (χ0v) is 18.5. The number of esters is 1. The maximum atomic E-state index is 13.0. The zero-order chi connectivity index (χ0) is 21.6. The fraction of sp³-hybridized carbons (Fsp3) is 0.524. The van der Waals surface area contributed by atoms with Crippen LogP contribution >= 0.6 is 11.8 Å². The number of ether oxygens (including phenoxy) is 1. The average molecular weight is 420 g/mol. The van der Waals surface area contributed by atoms with Gasteiger partial charge in [-0.25, -0.2) is 9.78 Å². The van der Waals surface area contributed by atoms with Crippen LogP contribution < -0.4 is 10.9 Å². The minimum atomic E-state index is -0.486. The molecule has 0 aliphatic heterocycles. The summed E-state index contributed by atoms with van der Waals surface area (Å²) in [7, 11) is 1.31. The van der Waals surface area contributed by atoms with Crippen molar-refractivity contribution in [2.75, 3.05) is 12.9 Å². The number of hydrogen-bond donors (Lipinski definition) is 1. The van der Waals surface area contributed by atoms with Crippen molar-refractivity contribution in [3.8, 4) is 0 Å². The van der Waals surface area contributed by atoms with Crippen molar-refractivity contribution in [2.24, 2.45) is 5.92 Å². The fourth-order valence-electron chi connectivity index (χ4n) is 2.66. The van der Waals surface area contributed by atoms with Crippen LogP contribution in [-0.4, -0.2) is 40.3 Å². The molecule has 1 atom stereocenters. The predicted octanol–water partition coefficient (Wildman–Crippen LogP) is 3.24. The van der Waals surface area contributed by atoms with E-state index in [1.807, 2.05) is 20.8 Å². The second-order valence-corrected chi connectivity index (χ2v) is 8.26. The summed E-state index contributed by atoms with van der Waals surface area (Å²) in [6, 6.07) is 4.79. The highest BCUT2D eigenvalue weighted by molar-refractivity contribution is 7.99. The van der Waals surface area contributed by atoms with Crippen LogP contribution in [0.1, 0.15) is 50.9 Å². The number of fused-ring (bicyclic) bond motifs is 1. The van der Waals surface area contributed by atoms with Gasteiger partial charge in [-0.2, -0.15) is 0 Å². The third-order valence-corrected chi connectivity index (χ3v) is 5.77. The summed E-state index contributed by atoms with van der Waals surface area (Å²) in [6.07, 6.45) is 1.76. The largest absolute Gasteiger partial charge is 0.465 e. The molecule has 1 N–H and O–H groups in total. The van der Waals surface area contributed by atoms with Crippen LogP contribution in [-0.2, 0) is 16.1 Å². The smallest absolute Gasteiger partial charge is 0.337 e. The van der Waals surface area contributed by atoms with Crippen LogP contribution in [0.2, 0.25) is 0 Å². The van der Waals surface area contributed by atoms with Crippen molar-refractivity contribution in [1.82, 2.24) is 14.9 Å². The quantitative estimate of drug-likeness (QED) is 0.381. The molecule has 2 rings (SSSR count). The molecule has 0 fully saturated rings. The highest BCUT2D eigenvalue weighted by Gasteiger charge is 2.16. The van der Waals surface area contributed by atoms with Crippen LogP contribution in [0.25, 0.3) is 10.9 Å². The zero-order valence-electron chi connectivity index (χ0n) is 17.7. The van der Waals surface area contributed by atoms with Crippen molar-refractivity contribution in [3.63, 3.8) is 0 Å². The van der Waals surface area contributed by atoms with Crippen molar-refractivity contribution in [3.05, 3.63) is 34.1 Å². The lowest BCUT2D eigenvalue weighted by atomic mass is 10.1. The van der Waals surface area contributed by atoms with E-state index in [1.165, 1.54) is 18.9 Å². The van der Waals surface area contributed by atoms with Crippen LogP contribution in [0.15, 0.2) is 28.2 Å². The van der Waals surface area contributed by atoms with Gasteiger partial charge in [0.05, 0.1) is 29.3 Å². The first-order chi connectivity index (χ1) is 13.8. The molecule has 0 saturated carbocycles. The number of rotatable bonds is 9. The SMILES string of the molecule is CCCCn1c(SCC(=O)N[C@@H](C)C(C)C)nc2cc(C(=O)OC)ccc2c1=O. The first-order valence-corrected chi connectivity index (χ1v) is 10.8. The lowest BCUT2D eigenvalue weighted by molar-refractivity contribution is -0.119. The molecule has 8 heteroatoms. The molecule has 0 spiro atoms. The number of carbonyl (C=O) groups excluding carboxylic acids is 2. The second-order valence-electron chi connectivity index (χ2n) is 7.32. The van der Waals surface area contributed by atoms with E-state index in [4.69, 9.17) is 4.74 Å². The third-order valence-electron chi connectivity index (χ3n) is 4.80. The van der Waals surface area contributed by atoms with Gasteiger partial charge in [-0.1, -0.05) is 39.0 Å². The molecule has 158 valence electrons. The summed E-state index contributed by atoms with van der Waals surface area (Å²) in [5.41, 5.74) is 0.583. The Hall–Kier alpha value is -2.35. The average Bonchev–Trinajstić information content (AvgIpc) is 2.70. The van der Waals surface area contributed by atoms with Gasteiger partial charge in [0.25, 0.3) is 5.56 Å². The van der Waals surface area contributed by atoms with Gasteiger partial charge in [-0.3, -0.25) is 14.2 Å². The van der Waals surface area contributed by atoms with E-state index < -0.39 is 5.97 Å². The van der Waals surface area contributed by atoms with Gasteiger partial charge < -0.3 is 10.1 Å². The van der Waals surface area contributed by atoms with Gasteiger partial charge >= 0.3 is 5.97 Å². The number of benzene rings is 1. The van der Waals surface area contributed by atoms with E-state index in [2.05, 4.69) is 17.2 Å².